The standard InChI is InChI=1S/C7H6BrN3O/c1-11-7-4(6(8)10-11)2-3-5(12)9-7/h2-3H,1H3,(H,9,12). The lowest BCUT2D eigenvalue weighted by Gasteiger charge is -1.90. The van der Waals surface area contributed by atoms with Gasteiger partial charge in [-0.1, -0.05) is 0 Å². The van der Waals surface area contributed by atoms with E-state index >= 15 is 0 Å². The Morgan fingerprint density at radius 1 is 1.58 bits per heavy atom. The van der Waals surface area contributed by atoms with Crippen molar-refractivity contribution in [2.75, 3.05) is 0 Å². The molecule has 12 heavy (non-hydrogen) atoms. The molecule has 0 amide bonds. The molecule has 0 aliphatic carbocycles. The number of pyridine rings is 1. The molecule has 62 valence electrons. The molecule has 0 saturated heterocycles. The summed E-state index contributed by atoms with van der Waals surface area (Å²) in [6.45, 7) is 0. The highest BCUT2D eigenvalue weighted by atomic mass is 79.9. The Morgan fingerprint density at radius 3 is 3.08 bits per heavy atom. The molecule has 0 radical (unpaired) electrons. The number of nitrogens with zero attached hydrogens (tertiary/aromatic N) is 2. The van der Waals surface area contributed by atoms with Gasteiger partial charge >= 0.3 is 0 Å². The van der Waals surface area contributed by atoms with Gasteiger partial charge in [-0.25, -0.2) is 0 Å². The van der Waals surface area contributed by atoms with Crippen LogP contribution in [0.5, 0.6) is 0 Å². The average Bonchev–Trinajstić information content (AvgIpc) is 2.28. The normalized spacial score (nSPS) is 10.8. The minimum atomic E-state index is -0.113. The second-order valence-corrected chi connectivity index (χ2v) is 3.25. The summed E-state index contributed by atoms with van der Waals surface area (Å²) < 4.78 is 2.37. The van der Waals surface area contributed by atoms with E-state index in [1.165, 1.54) is 6.07 Å². The second kappa shape index (κ2) is 2.45. The van der Waals surface area contributed by atoms with Crippen LogP contribution >= 0.6 is 15.9 Å². The molecular weight excluding hydrogens is 222 g/mol. The lowest BCUT2D eigenvalue weighted by molar-refractivity contribution is 0.777. The lowest BCUT2D eigenvalue weighted by Crippen LogP contribution is -2.04. The first-order valence-electron chi connectivity index (χ1n) is 3.40. The highest BCUT2D eigenvalue weighted by molar-refractivity contribution is 9.10. The fourth-order valence-electron chi connectivity index (χ4n) is 1.12. The van der Waals surface area contributed by atoms with Gasteiger partial charge in [0.05, 0.1) is 5.39 Å². The van der Waals surface area contributed by atoms with Crippen molar-refractivity contribution in [3.8, 4) is 0 Å². The zero-order valence-electron chi connectivity index (χ0n) is 6.34. The number of hydrogen-bond donors (Lipinski definition) is 1. The molecular formula is C7H6BrN3O. The smallest absolute Gasteiger partial charge is 0.249 e. The predicted molar refractivity (Wildman–Crippen MR) is 49.0 cm³/mol. The van der Waals surface area contributed by atoms with Crippen LogP contribution in [0, 0.1) is 0 Å². The topological polar surface area (TPSA) is 50.7 Å². The summed E-state index contributed by atoms with van der Waals surface area (Å²) in [6, 6.07) is 3.22. The Balaban J connectivity index is 3.00. The maximum atomic E-state index is 10.9. The molecule has 0 atom stereocenters. The molecule has 0 aromatic carbocycles. The molecule has 0 fully saturated rings. The second-order valence-electron chi connectivity index (χ2n) is 2.50. The van der Waals surface area contributed by atoms with Gasteiger partial charge in [0.2, 0.25) is 5.56 Å². The molecule has 0 unspecified atom stereocenters. The van der Waals surface area contributed by atoms with Crippen LogP contribution in [0.3, 0.4) is 0 Å². The third-order valence-electron chi connectivity index (χ3n) is 1.68. The Bertz CT molecular complexity index is 485. The molecule has 2 rings (SSSR count). The van der Waals surface area contributed by atoms with Crippen LogP contribution in [-0.2, 0) is 7.05 Å². The van der Waals surface area contributed by atoms with E-state index in [1.807, 2.05) is 0 Å². The molecule has 4 nitrogen and oxygen atoms in total. The van der Waals surface area contributed by atoms with Gasteiger partial charge in [-0.2, -0.15) is 5.10 Å². The summed E-state index contributed by atoms with van der Waals surface area (Å²) in [5.74, 6) is 0. The van der Waals surface area contributed by atoms with Crippen molar-refractivity contribution in [1.29, 1.82) is 0 Å². The van der Waals surface area contributed by atoms with Crippen LogP contribution in [0.25, 0.3) is 11.0 Å². The van der Waals surface area contributed by atoms with E-state index in [1.54, 1.807) is 17.8 Å². The fraction of sp³-hybridized carbons (Fsp3) is 0.143. The molecule has 0 saturated carbocycles. The Kier molecular flexibility index (Phi) is 1.54. The monoisotopic (exact) mass is 227 g/mol. The lowest BCUT2D eigenvalue weighted by atomic mass is 10.4. The van der Waals surface area contributed by atoms with E-state index in [4.69, 9.17) is 0 Å². The van der Waals surface area contributed by atoms with Crippen molar-refractivity contribution in [3.63, 3.8) is 0 Å². The molecule has 0 aliphatic heterocycles. The third-order valence-corrected chi connectivity index (χ3v) is 2.27. The maximum Gasteiger partial charge on any atom is 0.249 e. The highest BCUT2D eigenvalue weighted by Crippen LogP contribution is 2.18. The minimum Gasteiger partial charge on any atom is -0.307 e. The van der Waals surface area contributed by atoms with Gasteiger partial charge in [-0.05, 0) is 22.0 Å². The van der Waals surface area contributed by atoms with E-state index in [2.05, 4.69) is 26.0 Å². The van der Waals surface area contributed by atoms with Crippen molar-refractivity contribution in [3.05, 3.63) is 27.1 Å². The molecule has 0 bridgehead atoms. The number of aromatic nitrogens is 3. The summed E-state index contributed by atoms with van der Waals surface area (Å²) in [4.78, 5) is 13.6. The van der Waals surface area contributed by atoms with Gasteiger partial charge < -0.3 is 4.98 Å². The van der Waals surface area contributed by atoms with Crippen molar-refractivity contribution in [2.24, 2.45) is 7.05 Å². The van der Waals surface area contributed by atoms with Crippen LogP contribution in [0.4, 0.5) is 0 Å². The molecule has 2 aromatic rings. The van der Waals surface area contributed by atoms with Crippen molar-refractivity contribution in [1.82, 2.24) is 14.8 Å². The van der Waals surface area contributed by atoms with Gasteiger partial charge in [-0.3, -0.25) is 9.48 Å². The summed E-state index contributed by atoms with van der Waals surface area (Å²) in [5.41, 5.74) is 0.618. The number of nitrogens with one attached hydrogen (secondary N) is 1. The van der Waals surface area contributed by atoms with Gasteiger partial charge in [0.15, 0.2) is 0 Å². The van der Waals surface area contributed by atoms with E-state index in [-0.39, 0.29) is 5.56 Å². The first-order chi connectivity index (χ1) is 5.68. The molecule has 1 N–H and O–H groups in total. The summed E-state index contributed by atoms with van der Waals surface area (Å²) >= 11 is 3.29. The van der Waals surface area contributed by atoms with Crippen LogP contribution in [-0.4, -0.2) is 14.8 Å². The molecule has 0 aliphatic rings. The highest BCUT2D eigenvalue weighted by Gasteiger charge is 2.04. The number of hydrogen-bond acceptors (Lipinski definition) is 2. The van der Waals surface area contributed by atoms with Crippen molar-refractivity contribution in [2.45, 2.75) is 0 Å². The van der Waals surface area contributed by atoms with Gasteiger partial charge in [-0.15, -0.1) is 0 Å². The number of H-pyrrole nitrogens is 1. The minimum absolute atomic E-state index is 0.113. The Hall–Kier alpha value is -1.10. The fourth-order valence-corrected chi connectivity index (χ4v) is 1.68. The first-order valence-corrected chi connectivity index (χ1v) is 4.19. The third kappa shape index (κ3) is 0.972. The molecule has 2 aromatic heterocycles. The summed E-state index contributed by atoms with van der Waals surface area (Å²) in [6.07, 6.45) is 0. The zero-order valence-corrected chi connectivity index (χ0v) is 7.92. The number of halogens is 1. The van der Waals surface area contributed by atoms with Crippen LogP contribution < -0.4 is 5.56 Å². The van der Waals surface area contributed by atoms with Crippen molar-refractivity contribution >= 4 is 27.0 Å². The van der Waals surface area contributed by atoms with Crippen molar-refractivity contribution < 1.29 is 0 Å². The molecule has 5 heteroatoms. The van der Waals surface area contributed by atoms with Gasteiger partial charge in [0, 0.05) is 13.1 Å². The largest absolute Gasteiger partial charge is 0.307 e. The number of aryl methyl sites for hydroxylation is 1. The molecule has 0 spiro atoms. The summed E-state index contributed by atoms with van der Waals surface area (Å²) in [7, 11) is 1.78. The Labute approximate surface area is 76.3 Å². The molecule has 2 heterocycles. The number of aromatic amines is 1. The average molecular weight is 228 g/mol. The van der Waals surface area contributed by atoms with E-state index in [0.717, 1.165) is 15.6 Å². The van der Waals surface area contributed by atoms with Gasteiger partial charge in [0.25, 0.3) is 0 Å². The van der Waals surface area contributed by atoms with E-state index < -0.39 is 0 Å². The van der Waals surface area contributed by atoms with Crippen LogP contribution in [0.2, 0.25) is 0 Å². The zero-order chi connectivity index (χ0) is 8.72. The van der Waals surface area contributed by atoms with E-state index in [0.29, 0.717) is 0 Å². The SMILES string of the molecule is Cn1nc(Br)c2ccc(=O)[nH]c21. The van der Waals surface area contributed by atoms with Gasteiger partial charge in [0.1, 0.15) is 10.3 Å². The maximum absolute atomic E-state index is 10.9. The number of fused-ring (bicyclic) bond motifs is 1. The first kappa shape index (κ1) is 7.54. The quantitative estimate of drug-likeness (QED) is 0.731. The van der Waals surface area contributed by atoms with E-state index in [9.17, 15) is 4.79 Å². The predicted octanol–water partition coefficient (Wildman–Crippen LogP) is 1.02. The number of rotatable bonds is 0. The summed E-state index contributed by atoms with van der Waals surface area (Å²) in [5, 5.41) is 5.01. The Morgan fingerprint density at radius 2 is 2.33 bits per heavy atom. The van der Waals surface area contributed by atoms with Crippen LogP contribution in [0.15, 0.2) is 21.5 Å². The van der Waals surface area contributed by atoms with Crippen LogP contribution in [0.1, 0.15) is 0 Å².